The number of ether oxygens (including phenoxy) is 2. The van der Waals surface area contributed by atoms with Crippen molar-refractivity contribution in [3.8, 4) is 0 Å². The highest BCUT2D eigenvalue weighted by molar-refractivity contribution is 5.66. The van der Waals surface area contributed by atoms with Crippen LogP contribution in [0.25, 0.3) is 0 Å². The van der Waals surface area contributed by atoms with E-state index in [0.29, 0.717) is 0 Å². The first-order valence-electron chi connectivity index (χ1n) is 5.35. The second-order valence-electron chi connectivity index (χ2n) is 4.06. The van der Waals surface area contributed by atoms with Gasteiger partial charge in [-0.1, -0.05) is 0 Å². The first kappa shape index (κ1) is 12.0. The molecule has 0 N–H and O–H groups in total. The van der Waals surface area contributed by atoms with Crippen LogP contribution in [-0.4, -0.2) is 24.1 Å². The Hall–Kier alpha value is -1.06. The van der Waals surface area contributed by atoms with E-state index in [-0.39, 0.29) is 30.1 Å². The van der Waals surface area contributed by atoms with E-state index in [4.69, 9.17) is 9.47 Å². The highest BCUT2D eigenvalue weighted by atomic mass is 16.6. The molecule has 1 aliphatic carbocycles. The molecule has 0 radical (unpaired) electrons. The van der Waals surface area contributed by atoms with Crippen molar-refractivity contribution in [3.05, 3.63) is 0 Å². The molecule has 0 aromatic rings. The van der Waals surface area contributed by atoms with E-state index in [9.17, 15) is 9.59 Å². The first-order valence-corrected chi connectivity index (χ1v) is 5.35. The van der Waals surface area contributed by atoms with Gasteiger partial charge >= 0.3 is 11.9 Å². The minimum absolute atomic E-state index is 0.0863. The zero-order valence-corrected chi connectivity index (χ0v) is 9.49. The van der Waals surface area contributed by atoms with Crippen LogP contribution in [-0.2, 0) is 19.1 Å². The largest absolute Gasteiger partial charge is 0.462 e. The molecule has 3 atom stereocenters. The summed E-state index contributed by atoms with van der Waals surface area (Å²) in [7, 11) is 0. The van der Waals surface area contributed by atoms with Crippen LogP contribution in [0.3, 0.4) is 0 Å². The number of esters is 2. The Morgan fingerprint density at radius 1 is 1.20 bits per heavy atom. The van der Waals surface area contributed by atoms with E-state index in [1.54, 1.807) is 0 Å². The van der Waals surface area contributed by atoms with Crippen LogP contribution in [0.15, 0.2) is 0 Å². The molecule has 0 aromatic carbocycles. The minimum Gasteiger partial charge on any atom is -0.462 e. The van der Waals surface area contributed by atoms with Crippen LogP contribution in [0.4, 0.5) is 0 Å². The van der Waals surface area contributed by atoms with Crippen LogP contribution < -0.4 is 0 Å². The van der Waals surface area contributed by atoms with Gasteiger partial charge in [0.15, 0.2) is 0 Å². The van der Waals surface area contributed by atoms with Gasteiger partial charge in [0.05, 0.1) is 0 Å². The molecule has 15 heavy (non-hydrogen) atoms. The Bertz CT molecular complexity index is 249. The van der Waals surface area contributed by atoms with Gasteiger partial charge in [-0.2, -0.15) is 0 Å². The Morgan fingerprint density at radius 3 is 2.40 bits per heavy atom. The third kappa shape index (κ3) is 3.53. The number of hydrogen-bond donors (Lipinski definition) is 0. The molecule has 3 unspecified atom stereocenters. The molecule has 1 fully saturated rings. The van der Waals surface area contributed by atoms with Gasteiger partial charge < -0.3 is 9.47 Å². The number of hydrogen-bond acceptors (Lipinski definition) is 4. The van der Waals surface area contributed by atoms with Gasteiger partial charge in [0.2, 0.25) is 0 Å². The quantitative estimate of drug-likeness (QED) is 0.670. The predicted octanol–water partition coefficient (Wildman–Crippen LogP) is 1.67. The molecule has 1 aliphatic rings. The molecular formula is C11H18O4. The third-order valence-electron chi connectivity index (χ3n) is 2.78. The Balaban J connectivity index is 2.51. The summed E-state index contributed by atoms with van der Waals surface area (Å²) in [5.74, 6) is -0.393. The molecule has 1 saturated carbocycles. The fourth-order valence-electron chi connectivity index (χ4n) is 2.20. The van der Waals surface area contributed by atoms with Gasteiger partial charge in [-0.3, -0.25) is 9.59 Å². The van der Waals surface area contributed by atoms with E-state index in [1.165, 1.54) is 13.8 Å². The molecule has 86 valence electrons. The lowest BCUT2D eigenvalue weighted by Crippen LogP contribution is -2.31. The average molecular weight is 214 g/mol. The fraction of sp³-hybridized carbons (Fsp3) is 0.818. The summed E-state index contributed by atoms with van der Waals surface area (Å²) in [6.07, 6.45) is 2.59. The smallest absolute Gasteiger partial charge is 0.302 e. The first-order chi connectivity index (χ1) is 7.00. The van der Waals surface area contributed by atoms with Gasteiger partial charge in [-0.05, 0) is 26.2 Å². The van der Waals surface area contributed by atoms with Crippen LogP contribution in [0.5, 0.6) is 0 Å². The van der Waals surface area contributed by atoms with E-state index >= 15 is 0 Å². The van der Waals surface area contributed by atoms with E-state index in [0.717, 1.165) is 19.3 Å². The Labute approximate surface area is 89.9 Å². The third-order valence-corrected chi connectivity index (χ3v) is 2.78. The number of rotatable bonds is 3. The summed E-state index contributed by atoms with van der Waals surface area (Å²) in [5, 5.41) is 0. The molecule has 0 heterocycles. The monoisotopic (exact) mass is 214 g/mol. The Morgan fingerprint density at radius 2 is 1.87 bits per heavy atom. The van der Waals surface area contributed by atoms with Crippen LogP contribution in [0.2, 0.25) is 0 Å². The van der Waals surface area contributed by atoms with E-state index < -0.39 is 0 Å². The second-order valence-corrected chi connectivity index (χ2v) is 4.06. The molecular weight excluding hydrogens is 196 g/mol. The molecule has 0 aliphatic heterocycles. The summed E-state index contributed by atoms with van der Waals surface area (Å²) in [5.41, 5.74) is 0. The number of carbonyl (C=O) groups is 2. The van der Waals surface area contributed by atoms with Crippen molar-refractivity contribution < 1.29 is 19.1 Å². The second kappa shape index (κ2) is 5.14. The van der Waals surface area contributed by atoms with Crippen molar-refractivity contribution in [2.75, 3.05) is 0 Å². The normalized spacial score (nSPS) is 27.1. The van der Waals surface area contributed by atoms with E-state index in [1.807, 2.05) is 6.92 Å². The molecule has 0 bridgehead atoms. The SMILES string of the molecule is CC(=O)OC(C)C1CCCC1OC(C)=O. The molecule has 4 heteroatoms. The lowest BCUT2D eigenvalue weighted by Gasteiger charge is -2.24. The van der Waals surface area contributed by atoms with Crippen molar-refractivity contribution in [1.82, 2.24) is 0 Å². The van der Waals surface area contributed by atoms with Crippen molar-refractivity contribution >= 4 is 11.9 Å². The van der Waals surface area contributed by atoms with E-state index in [2.05, 4.69) is 0 Å². The Kier molecular flexibility index (Phi) is 4.12. The van der Waals surface area contributed by atoms with Crippen molar-refractivity contribution in [3.63, 3.8) is 0 Å². The highest BCUT2D eigenvalue weighted by Crippen LogP contribution is 2.32. The van der Waals surface area contributed by atoms with Crippen LogP contribution in [0.1, 0.15) is 40.0 Å². The summed E-state index contributed by atoms with van der Waals surface area (Å²) in [6.45, 7) is 4.66. The summed E-state index contributed by atoms with van der Waals surface area (Å²) in [4.78, 5) is 21.7. The molecule has 0 aromatic heterocycles. The van der Waals surface area contributed by atoms with Gasteiger partial charge in [-0.15, -0.1) is 0 Å². The van der Waals surface area contributed by atoms with Gasteiger partial charge in [0.25, 0.3) is 0 Å². The molecule has 0 spiro atoms. The standard InChI is InChI=1S/C11H18O4/c1-7(14-8(2)12)10-5-4-6-11(10)15-9(3)13/h7,10-11H,4-6H2,1-3H3. The van der Waals surface area contributed by atoms with Crippen molar-refractivity contribution in [2.24, 2.45) is 5.92 Å². The maximum Gasteiger partial charge on any atom is 0.302 e. The fourth-order valence-corrected chi connectivity index (χ4v) is 2.20. The van der Waals surface area contributed by atoms with Crippen molar-refractivity contribution in [1.29, 1.82) is 0 Å². The predicted molar refractivity (Wildman–Crippen MR) is 54.1 cm³/mol. The average Bonchev–Trinajstić information content (AvgIpc) is 2.49. The lowest BCUT2D eigenvalue weighted by molar-refractivity contribution is -0.156. The van der Waals surface area contributed by atoms with Gasteiger partial charge in [0.1, 0.15) is 12.2 Å². The molecule has 1 rings (SSSR count). The minimum atomic E-state index is -0.282. The van der Waals surface area contributed by atoms with Gasteiger partial charge in [0, 0.05) is 19.8 Å². The molecule has 0 amide bonds. The maximum absolute atomic E-state index is 10.9. The summed E-state index contributed by atoms with van der Waals surface area (Å²) < 4.78 is 10.3. The zero-order valence-electron chi connectivity index (χ0n) is 9.49. The topological polar surface area (TPSA) is 52.6 Å². The van der Waals surface area contributed by atoms with Crippen LogP contribution in [0, 0.1) is 5.92 Å². The number of carbonyl (C=O) groups excluding carboxylic acids is 2. The summed E-state index contributed by atoms with van der Waals surface area (Å²) in [6, 6.07) is 0. The van der Waals surface area contributed by atoms with Gasteiger partial charge in [-0.25, -0.2) is 0 Å². The molecule has 4 nitrogen and oxygen atoms in total. The van der Waals surface area contributed by atoms with Crippen LogP contribution >= 0.6 is 0 Å². The van der Waals surface area contributed by atoms with Crippen molar-refractivity contribution in [2.45, 2.75) is 52.2 Å². The zero-order chi connectivity index (χ0) is 11.4. The lowest BCUT2D eigenvalue weighted by atomic mass is 10.00. The highest BCUT2D eigenvalue weighted by Gasteiger charge is 2.35. The summed E-state index contributed by atoms with van der Waals surface area (Å²) >= 11 is 0. The maximum atomic E-state index is 10.9. The molecule has 0 saturated heterocycles.